The van der Waals surface area contributed by atoms with Crippen LogP contribution < -0.4 is 0 Å². The van der Waals surface area contributed by atoms with Gasteiger partial charge < -0.3 is 0 Å². The van der Waals surface area contributed by atoms with Crippen LogP contribution in [0.2, 0.25) is 0 Å². The third kappa shape index (κ3) is 3.30. The van der Waals surface area contributed by atoms with Gasteiger partial charge in [-0.05, 0) is 30.4 Å². The zero-order valence-electron chi connectivity index (χ0n) is 11.5. The van der Waals surface area contributed by atoms with Gasteiger partial charge in [0.25, 0.3) is 5.69 Å². The zero-order valence-corrected chi connectivity index (χ0v) is 12.4. The van der Waals surface area contributed by atoms with Gasteiger partial charge >= 0.3 is 0 Å². The molecule has 0 saturated carbocycles. The number of pyridine rings is 1. The number of halogens is 1. The van der Waals surface area contributed by atoms with Crippen molar-refractivity contribution in [3.05, 3.63) is 82.0 Å². The molecule has 5 heteroatoms. The van der Waals surface area contributed by atoms with Crippen molar-refractivity contribution in [2.45, 2.75) is 0 Å². The van der Waals surface area contributed by atoms with E-state index in [0.717, 1.165) is 16.6 Å². The SMILES string of the molecule is Cl.O=[N+]([O-])c1ccccc1C=Cc1ccc2ccccc2n1. The van der Waals surface area contributed by atoms with E-state index >= 15 is 0 Å². The van der Waals surface area contributed by atoms with Gasteiger partial charge in [-0.2, -0.15) is 0 Å². The van der Waals surface area contributed by atoms with Crippen molar-refractivity contribution < 1.29 is 4.92 Å². The number of nitrogens with zero attached hydrogens (tertiary/aromatic N) is 2. The molecule has 3 aromatic rings. The van der Waals surface area contributed by atoms with Gasteiger partial charge in [0, 0.05) is 11.5 Å². The number of fused-ring (bicyclic) bond motifs is 1. The van der Waals surface area contributed by atoms with Crippen molar-refractivity contribution in [2.24, 2.45) is 0 Å². The summed E-state index contributed by atoms with van der Waals surface area (Å²) in [5.74, 6) is 0. The third-order valence-electron chi connectivity index (χ3n) is 3.19. The number of para-hydroxylation sites is 2. The summed E-state index contributed by atoms with van der Waals surface area (Å²) < 4.78 is 0. The molecule has 0 aliphatic rings. The Morgan fingerprint density at radius 2 is 1.64 bits per heavy atom. The summed E-state index contributed by atoms with van der Waals surface area (Å²) in [7, 11) is 0. The standard InChI is InChI=1S/C17H12N2O2.ClH/c20-19(21)17-8-4-2-6-14(17)10-12-15-11-9-13-5-1-3-7-16(13)18-15;/h1-12H;1H. The van der Waals surface area contributed by atoms with Crippen LogP contribution in [0.15, 0.2) is 60.7 Å². The van der Waals surface area contributed by atoms with Gasteiger partial charge in [0.05, 0.1) is 21.7 Å². The molecule has 0 aliphatic carbocycles. The second kappa shape index (κ2) is 6.83. The lowest BCUT2D eigenvalue weighted by molar-refractivity contribution is -0.385. The average Bonchev–Trinajstić information content (AvgIpc) is 2.53. The number of nitro groups is 1. The number of rotatable bonds is 3. The minimum Gasteiger partial charge on any atom is -0.258 e. The molecule has 1 heterocycles. The van der Waals surface area contributed by atoms with Crippen molar-refractivity contribution in [2.75, 3.05) is 0 Å². The summed E-state index contributed by atoms with van der Waals surface area (Å²) >= 11 is 0. The highest BCUT2D eigenvalue weighted by atomic mass is 35.5. The van der Waals surface area contributed by atoms with Gasteiger partial charge in [0.1, 0.15) is 0 Å². The molecule has 0 saturated heterocycles. The van der Waals surface area contributed by atoms with E-state index in [9.17, 15) is 10.1 Å². The van der Waals surface area contributed by atoms with Gasteiger partial charge in [-0.15, -0.1) is 12.4 Å². The molecule has 0 radical (unpaired) electrons. The van der Waals surface area contributed by atoms with Crippen LogP contribution in [-0.2, 0) is 0 Å². The fraction of sp³-hybridized carbons (Fsp3) is 0. The lowest BCUT2D eigenvalue weighted by Crippen LogP contribution is -1.90. The second-order valence-corrected chi connectivity index (χ2v) is 4.58. The van der Waals surface area contributed by atoms with E-state index < -0.39 is 0 Å². The minimum atomic E-state index is -0.381. The van der Waals surface area contributed by atoms with Gasteiger partial charge in [0.15, 0.2) is 0 Å². The lowest BCUT2D eigenvalue weighted by atomic mass is 10.1. The molecular weight excluding hydrogens is 300 g/mol. The van der Waals surface area contributed by atoms with Crippen molar-refractivity contribution in [1.29, 1.82) is 0 Å². The summed E-state index contributed by atoms with van der Waals surface area (Å²) in [5, 5.41) is 12.0. The van der Waals surface area contributed by atoms with Gasteiger partial charge in [-0.25, -0.2) is 4.98 Å². The van der Waals surface area contributed by atoms with E-state index in [0.29, 0.717) is 5.56 Å². The molecule has 1 aromatic heterocycles. The summed E-state index contributed by atoms with van der Waals surface area (Å²) in [4.78, 5) is 15.1. The molecule has 2 aromatic carbocycles. The molecule has 0 N–H and O–H groups in total. The fourth-order valence-corrected chi connectivity index (χ4v) is 2.14. The Hall–Kier alpha value is -2.72. The first kappa shape index (κ1) is 15.7. The maximum Gasteiger partial charge on any atom is 0.276 e. The third-order valence-corrected chi connectivity index (χ3v) is 3.19. The highest BCUT2D eigenvalue weighted by molar-refractivity contribution is 5.85. The van der Waals surface area contributed by atoms with E-state index in [1.807, 2.05) is 36.4 Å². The first-order chi connectivity index (χ1) is 10.2. The van der Waals surface area contributed by atoms with Crippen LogP contribution in [0.3, 0.4) is 0 Å². The Bertz CT molecular complexity index is 847. The first-order valence-electron chi connectivity index (χ1n) is 6.51. The molecule has 0 fully saturated rings. The number of aromatic nitrogens is 1. The van der Waals surface area contributed by atoms with E-state index in [4.69, 9.17) is 0 Å². The van der Waals surface area contributed by atoms with E-state index in [-0.39, 0.29) is 23.0 Å². The Morgan fingerprint density at radius 3 is 2.45 bits per heavy atom. The number of hydrogen-bond donors (Lipinski definition) is 0. The molecular formula is C17H13ClN2O2. The molecule has 0 atom stereocenters. The maximum atomic E-state index is 11.0. The molecule has 0 aliphatic heterocycles. The Morgan fingerprint density at radius 1 is 0.909 bits per heavy atom. The van der Waals surface area contributed by atoms with E-state index in [1.165, 1.54) is 6.07 Å². The van der Waals surface area contributed by atoms with Crippen LogP contribution in [0.4, 0.5) is 5.69 Å². The first-order valence-corrected chi connectivity index (χ1v) is 6.51. The topological polar surface area (TPSA) is 56.0 Å². The summed E-state index contributed by atoms with van der Waals surface area (Å²) in [6, 6.07) is 18.4. The monoisotopic (exact) mass is 312 g/mol. The van der Waals surface area contributed by atoms with E-state index in [1.54, 1.807) is 30.4 Å². The summed E-state index contributed by atoms with van der Waals surface area (Å²) in [6.45, 7) is 0. The molecule has 0 spiro atoms. The predicted octanol–water partition coefficient (Wildman–Crippen LogP) is 4.74. The average molecular weight is 313 g/mol. The summed E-state index contributed by atoms with van der Waals surface area (Å²) in [6.07, 6.45) is 3.50. The maximum absolute atomic E-state index is 11.0. The predicted molar refractivity (Wildman–Crippen MR) is 91.0 cm³/mol. The fourth-order valence-electron chi connectivity index (χ4n) is 2.14. The smallest absolute Gasteiger partial charge is 0.258 e. The van der Waals surface area contributed by atoms with Crippen LogP contribution in [-0.4, -0.2) is 9.91 Å². The molecule has 3 rings (SSSR count). The summed E-state index contributed by atoms with van der Waals surface area (Å²) in [5.41, 5.74) is 2.33. The minimum absolute atomic E-state index is 0. The van der Waals surface area contributed by atoms with Crippen LogP contribution in [0, 0.1) is 10.1 Å². The Balaban J connectivity index is 0.00000176. The normalized spacial score (nSPS) is 10.5. The van der Waals surface area contributed by atoms with E-state index in [2.05, 4.69) is 4.98 Å². The van der Waals surface area contributed by atoms with Crippen molar-refractivity contribution in [1.82, 2.24) is 4.98 Å². The molecule has 0 bridgehead atoms. The zero-order chi connectivity index (χ0) is 14.7. The van der Waals surface area contributed by atoms with Crippen LogP contribution in [0.5, 0.6) is 0 Å². The Kier molecular flexibility index (Phi) is 4.86. The van der Waals surface area contributed by atoms with Crippen LogP contribution in [0.1, 0.15) is 11.3 Å². The number of nitro benzene ring substituents is 1. The van der Waals surface area contributed by atoms with Gasteiger partial charge in [-0.3, -0.25) is 10.1 Å². The Labute approximate surface area is 133 Å². The molecule has 4 nitrogen and oxygen atoms in total. The highest BCUT2D eigenvalue weighted by Gasteiger charge is 2.09. The van der Waals surface area contributed by atoms with Gasteiger partial charge in [-0.1, -0.05) is 36.4 Å². The van der Waals surface area contributed by atoms with Crippen molar-refractivity contribution in [3.63, 3.8) is 0 Å². The molecule has 0 amide bonds. The molecule has 22 heavy (non-hydrogen) atoms. The number of hydrogen-bond acceptors (Lipinski definition) is 3. The quantitative estimate of drug-likeness (QED) is 0.518. The van der Waals surface area contributed by atoms with Crippen LogP contribution in [0.25, 0.3) is 23.1 Å². The molecule has 110 valence electrons. The second-order valence-electron chi connectivity index (χ2n) is 4.58. The van der Waals surface area contributed by atoms with Crippen LogP contribution >= 0.6 is 12.4 Å². The van der Waals surface area contributed by atoms with Gasteiger partial charge in [0.2, 0.25) is 0 Å². The van der Waals surface area contributed by atoms with Crippen molar-refractivity contribution in [3.8, 4) is 0 Å². The van der Waals surface area contributed by atoms with Crippen molar-refractivity contribution >= 4 is 41.1 Å². The molecule has 0 unspecified atom stereocenters. The lowest BCUT2D eigenvalue weighted by Gasteiger charge is -1.99. The highest BCUT2D eigenvalue weighted by Crippen LogP contribution is 2.20. The largest absolute Gasteiger partial charge is 0.276 e. The number of benzene rings is 2.